The van der Waals surface area contributed by atoms with E-state index in [1.807, 2.05) is 13.8 Å². The number of aryl methyl sites for hydroxylation is 1. The van der Waals surface area contributed by atoms with Crippen molar-refractivity contribution in [1.29, 1.82) is 0 Å². The fraction of sp³-hybridized carbons (Fsp3) is 0.267. The molecule has 1 aromatic carbocycles. The van der Waals surface area contributed by atoms with E-state index in [-0.39, 0.29) is 23.1 Å². The number of aromatic carboxylic acids is 1. The number of carbonyl (C=O) groups is 1. The van der Waals surface area contributed by atoms with Crippen LogP contribution in [0.2, 0.25) is 0 Å². The van der Waals surface area contributed by atoms with E-state index in [0.29, 0.717) is 17.1 Å². The van der Waals surface area contributed by atoms with Gasteiger partial charge in [-0.2, -0.15) is 0 Å². The molecule has 0 aliphatic heterocycles. The van der Waals surface area contributed by atoms with Gasteiger partial charge in [-0.25, -0.2) is 19.2 Å². The number of anilines is 2. The Balaban J connectivity index is 2.39. The van der Waals surface area contributed by atoms with Crippen LogP contribution in [0.25, 0.3) is 0 Å². The Kier molecular flexibility index (Phi) is 4.16. The monoisotopic (exact) mass is 289 g/mol. The molecule has 0 aliphatic carbocycles. The van der Waals surface area contributed by atoms with Crippen LogP contribution in [-0.2, 0) is 0 Å². The van der Waals surface area contributed by atoms with Gasteiger partial charge in [-0.1, -0.05) is 13.8 Å². The lowest BCUT2D eigenvalue weighted by Gasteiger charge is -2.11. The fourth-order valence-corrected chi connectivity index (χ4v) is 1.81. The Morgan fingerprint density at radius 2 is 2.10 bits per heavy atom. The first kappa shape index (κ1) is 14.9. The maximum Gasteiger partial charge on any atom is 0.356 e. The normalized spacial score (nSPS) is 10.7. The van der Waals surface area contributed by atoms with Crippen molar-refractivity contribution in [2.24, 2.45) is 0 Å². The summed E-state index contributed by atoms with van der Waals surface area (Å²) in [6.07, 6.45) is 1.43. The van der Waals surface area contributed by atoms with E-state index in [2.05, 4.69) is 15.3 Å². The van der Waals surface area contributed by atoms with Crippen molar-refractivity contribution in [2.75, 3.05) is 5.32 Å². The van der Waals surface area contributed by atoms with Crippen molar-refractivity contribution in [2.45, 2.75) is 26.7 Å². The topological polar surface area (TPSA) is 75.1 Å². The Bertz CT molecular complexity index is 687. The molecule has 2 aromatic rings. The van der Waals surface area contributed by atoms with E-state index in [9.17, 15) is 14.3 Å². The van der Waals surface area contributed by atoms with Gasteiger partial charge in [-0.05, 0) is 30.7 Å². The minimum atomic E-state index is -1.14. The fourth-order valence-electron chi connectivity index (χ4n) is 1.81. The van der Waals surface area contributed by atoms with Crippen LogP contribution in [0.1, 0.15) is 41.6 Å². The highest BCUT2D eigenvalue weighted by atomic mass is 19.1. The first-order valence-electron chi connectivity index (χ1n) is 6.52. The Hall–Kier alpha value is -2.50. The van der Waals surface area contributed by atoms with Crippen molar-refractivity contribution >= 4 is 17.3 Å². The van der Waals surface area contributed by atoms with E-state index in [4.69, 9.17) is 0 Å². The molecule has 0 aliphatic rings. The van der Waals surface area contributed by atoms with Gasteiger partial charge in [0.05, 0.1) is 11.9 Å². The van der Waals surface area contributed by atoms with Crippen LogP contribution in [0.3, 0.4) is 0 Å². The summed E-state index contributed by atoms with van der Waals surface area (Å²) < 4.78 is 13.2. The molecule has 0 spiro atoms. The van der Waals surface area contributed by atoms with E-state index in [1.54, 1.807) is 13.0 Å². The largest absolute Gasteiger partial charge is 0.476 e. The zero-order chi connectivity index (χ0) is 15.6. The molecule has 2 rings (SSSR count). The molecule has 1 aromatic heterocycles. The van der Waals surface area contributed by atoms with Crippen molar-refractivity contribution < 1.29 is 14.3 Å². The standard InChI is InChI=1S/C15H16FN3O2/c1-8(2)14-17-7-12(13(19-14)15(20)21)18-10-4-5-11(16)9(3)6-10/h4-8,18H,1-3H3,(H,20,21). The van der Waals surface area contributed by atoms with Gasteiger partial charge < -0.3 is 10.4 Å². The van der Waals surface area contributed by atoms with Gasteiger partial charge in [0.15, 0.2) is 5.69 Å². The first-order chi connectivity index (χ1) is 9.88. The Morgan fingerprint density at radius 3 is 2.67 bits per heavy atom. The SMILES string of the molecule is Cc1cc(Nc2cnc(C(C)C)nc2C(=O)O)ccc1F. The summed E-state index contributed by atoms with van der Waals surface area (Å²) in [5, 5.41) is 12.2. The third-order valence-electron chi connectivity index (χ3n) is 2.96. The summed E-state index contributed by atoms with van der Waals surface area (Å²) >= 11 is 0. The number of carboxylic acids is 1. The van der Waals surface area contributed by atoms with Crippen LogP contribution in [0.15, 0.2) is 24.4 Å². The quantitative estimate of drug-likeness (QED) is 0.901. The maximum absolute atomic E-state index is 13.2. The second-order valence-electron chi connectivity index (χ2n) is 5.04. The number of nitrogens with zero attached hydrogens (tertiary/aromatic N) is 2. The summed E-state index contributed by atoms with van der Waals surface area (Å²) in [7, 11) is 0. The highest BCUT2D eigenvalue weighted by Crippen LogP contribution is 2.22. The molecule has 21 heavy (non-hydrogen) atoms. The summed E-state index contributed by atoms with van der Waals surface area (Å²) in [6.45, 7) is 5.41. The number of benzene rings is 1. The zero-order valence-electron chi connectivity index (χ0n) is 12.0. The van der Waals surface area contributed by atoms with Crippen molar-refractivity contribution in [1.82, 2.24) is 9.97 Å². The number of nitrogens with one attached hydrogen (secondary N) is 1. The molecule has 5 nitrogen and oxygen atoms in total. The molecule has 0 fully saturated rings. The van der Waals surface area contributed by atoms with Gasteiger partial charge in [0, 0.05) is 11.6 Å². The number of hydrogen-bond acceptors (Lipinski definition) is 4. The lowest BCUT2D eigenvalue weighted by atomic mass is 10.2. The van der Waals surface area contributed by atoms with Crippen LogP contribution >= 0.6 is 0 Å². The summed E-state index contributed by atoms with van der Waals surface area (Å²) in [5.74, 6) is -0.954. The second kappa shape index (κ2) is 5.87. The number of rotatable bonds is 4. The van der Waals surface area contributed by atoms with Crippen molar-refractivity contribution in [3.63, 3.8) is 0 Å². The molecule has 0 amide bonds. The van der Waals surface area contributed by atoms with E-state index in [0.717, 1.165) is 0 Å². The first-order valence-corrected chi connectivity index (χ1v) is 6.52. The smallest absolute Gasteiger partial charge is 0.356 e. The van der Waals surface area contributed by atoms with Crippen LogP contribution in [-0.4, -0.2) is 21.0 Å². The predicted molar refractivity (Wildman–Crippen MR) is 77.5 cm³/mol. The van der Waals surface area contributed by atoms with Crippen LogP contribution in [0.4, 0.5) is 15.8 Å². The Labute approximate surface area is 121 Å². The second-order valence-corrected chi connectivity index (χ2v) is 5.04. The molecule has 0 saturated carbocycles. The average Bonchev–Trinajstić information content (AvgIpc) is 2.43. The highest BCUT2D eigenvalue weighted by Gasteiger charge is 2.16. The molecule has 110 valence electrons. The van der Waals surface area contributed by atoms with Gasteiger partial charge in [-0.3, -0.25) is 0 Å². The molecule has 2 N–H and O–H groups in total. The van der Waals surface area contributed by atoms with Gasteiger partial charge in [0.25, 0.3) is 0 Å². The Morgan fingerprint density at radius 1 is 1.38 bits per heavy atom. The van der Waals surface area contributed by atoms with Gasteiger partial charge >= 0.3 is 5.97 Å². The number of halogens is 1. The molecule has 0 unspecified atom stereocenters. The molecule has 0 bridgehead atoms. The van der Waals surface area contributed by atoms with Crippen molar-refractivity contribution in [3.8, 4) is 0 Å². The molecule has 1 heterocycles. The van der Waals surface area contributed by atoms with Gasteiger partial charge in [0.2, 0.25) is 0 Å². The predicted octanol–water partition coefficient (Wildman–Crippen LogP) is 3.49. The third-order valence-corrected chi connectivity index (χ3v) is 2.96. The molecule has 0 atom stereocenters. The number of aromatic nitrogens is 2. The third kappa shape index (κ3) is 3.34. The van der Waals surface area contributed by atoms with Crippen LogP contribution < -0.4 is 5.32 Å². The maximum atomic E-state index is 13.2. The summed E-state index contributed by atoms with van der Waals surface area (Å²) in [4.78, 5) is 19.5. The minimum Gasteiger partial charge on any atom is -0.476 e. The summed E-state index contributed by atoms with van der Waals surface area (Å²) in [5.41, 5.74) is 1.22. The molecule has 0 radical (unpaired) electrons. The van der Waals surface area contributed by atoms with Gasteiger partial charge in [-0.15, -0.1) is 0 Å². The van der Waals surface area contributed by atoms with E-state index in [1.165, 1.54) is 18.3 Å². The van der Waals surface area contributed by atoms with Crippen LogP contribution in [0, 0.1) is 12.7 Å². The zero-order valence-corrected chi connectivity index (χ0v) is 12.0. The van der Waals surface area contributed by atoms with Crippen molar-refractivity contribution in [3.05, 3.63) is 47.3 Å². The molecular weight excluding hydrogens is 273 g/mol. The highest BCUT2D eigenvalue weighted by molar-refractivity contribution is 5.92. The lowest BCUT2D eigenvalue weighted by Crippen LogP contribution is -2.10. The molecule has 0 saturated heterocycles. The minimum absolute atomic E-state index is 0.0326. The molecular formula is C15H16FN3O2. The molecule has 6 heteroatoms. The average molecular weight is 289 g/mol. The summed E-state index contributed by atoms with van der Waals surface area (Å²) in [6, 6.07) is 4.45. The van der Waals surface area contributed by atoms with Crippen LogP contribution in [0.5, 0.6) is 0 Å². The van der Waals surface area contributed by atoms with Gasteiger partial charge in [0.1, 0.15) is 11.6 Å². The van der Waals surface area contributed by atoms with E-state index < -0.39 is 5.97 Å². The van der Waals surface area contributed by atoms with E-state index >= 15 is 0 Å². The number of carboxylic acid groups (broad SMARTS) is 1. The lowest BCUT2D eigenvalue weighted by molar-refractivity contribution is 0.0691. The number of hydrogen-bond donors (Lipinski definition) is 2.